The van der Waals surface area contributed by atoms with Crippen LogP contribution in [0.1, 0.15) is 58.4 Å². The molecule has 0 heterocycles. The first-order valence-electron chi connectivity index (χ1n) is 8.52. The molecule has 1 saturated carbocycles. The molecule has 1 aromatic carbocycles. The van der Waals surface area contributed by atoms with Gasteiger partial charge in [0, 0.05) is 4.90 Å². The van der Waals surface area contributed by atoms with E-state index in [4.69, 9.17) is 4.74 Å². The van der Waals surface area contributed by atoms with E-state index in [1.807, 2.05) is 31.2 Å². The maximum Gasteiger partial charge on any atom is 0.309 e. The van der Waals surface area contributed by atoms with Gasteiger partial charge in [0.2, 0.25) is 0 Å². The molecule has 0 bridgehead atoms. The number of hydrogen-bond donors (Lipinski definition) is 1. The molecule has 1 fully saturated rings. The van der Waals surface area contributed by atoms with Crippen molar-refractivity contribution < 1.29 is 18.8 Å². The second-order valence-electron chi connectivity index (χ2n) is 7.71. The molecular formula is C19H28O4S. The molecule has 134 valence electrons. The Balaban J connectivity index is 2.18. The monoisotopic (exact) mass is 352 g/mol. The summed E-state index contributed by atoms with van der Waals surface area (Å²) in [7, 11) is -1.34. The van der Waals surface area contributed by atoms with Gasteiger partial charge in [-0.25, -0.2) is 0 Å². The summed E-state index contributed by atoms with van der Waals surface area (Å²) >= 11 is 0. The quantitative estimate of drug-likeness (QED) is 0.842. The molecule has 1 aliphatic rings. The predicted octanol–water partition coefficient (Wildman–Crippen LogP) is 3.51. The fourth-order valence-electron chi connectivity index (χ4n) is 3.16. The van der Waals surface area contributed by atoms with E-state index in [0.29, 0.717) is 17.7 Å². The van der Waals surface area contributed by atoms with Gasteiger partial charge >= 0.3 is 5.97 Å². The van der Waals surface area contributed by atoms with E-state index in [0.717, 1.165) is 18.4 Å². The molecule has 0 amide bonds. The maximum absolute atomic E-state index is 13.0. The van der Waals surface area contributed by atoms with E-state index in [1.165, 1.54) is 0 Å². The van der Waals surface area contributed by atoms with Gasteiger partial charge < -0.3 is 9.84 Å². The number of rotatable bonds is 4. The van der Waals surface area contributed by atoms with Gasteiger partial charge in [0.15, 0.2) is 0 Å². The molecule has 4 nitrogen and oxygen atoms in total. The van der Waals surface area contributed by atoms with Gasteiger partial charge in [0.05, 0.1) is 28.1 Å². The first-order valence-corrected chi connectivity index (χ1v) is 9.73. The zero-order valence-corrected chi connectivity index (χ0v) is 15.8. The largest absolute Gasteiger partial charge is 0.460 e. The van der Waals surface area contributed by atoms with Gasteiger partial charge in [-0.05, 0) is 52.7 Å². The second kappa shape index (κ2) is 7.36. The van der Waals surface area contributed by atoms with E-state index >= 15 is 0 Å². The standard InChI is InChI=1S/C19H28O4S/c1-14-8-10-15(11-9-14)24(22)16-7-5-6-12-19(16,21)13-17(20)23-18(2,3)4/h8-11,16,21H,5-7,12-13H2,1-4H3/t16-,19-,24-/m0/s1. The van der Waals surface area contributed by atoms with Crippen molar-refractivity contribution in [3.05, 3.63) is 29.8 Å². The molecule has 0 saturated heterocycles. The first kappa shape index (κ1) is 19.1. The Morgan fingerprint density at radius 3 is 2.50 bits per heavy atom. The number of ether oxygens (including phenoxy) is 1. The van der Waals surface area contributed by atoms with Crippen LogP contribution >= 0.6 is 0 Å². The third-order valence-corrected chi connectivity index (χ3v) is 6.24. The molecule has 3 atom stereocenters. The van der Waals surface area contributed by atoms with Crippen molar-refractivity contribution in [3.8, 4) is 0 Å². The van der Waals surface area contributed by atoms with Gasteiger partial charge in [-0.1, -0.05) is 30.5 Å². The van der Waals surface area contributed by atoms with Crippen LogP contribution < -0.4 is 0 Å². The smallest absolute Gasteiger partial charge is 0.309 e. The van der Waals surface area contributed by atoms with Gasteiger partial charge in [0.1, 0.15) is 5.60 Å². The van der Waals surface area contributed by atoms with Crippen LogP contribution in [0.15, 0.2) is 29.2 Å². The Labute approximate surface area is 147 Å². The number of carbonyl (C=O) groups excluding carboxylic acids is 1. The number of aryl methyl sites for hydroxylation is 1. The summed E-state index contributed by atoms with van der Waals surface area (Å²) in [6, 6.07) is 7.52. The molecule has 2 rings (SSSR count). The average molecular weight is 352 g/mol. The van der Waals surface area contributed by atoms with Crippen molar-refractivity contribution in [2.45, 2.75) is 81.1 Å². The van der Waals surface area contributed by atoms with E-state index in [9.17, 15) is 14.1 Å². The number of esters is 1. The van der Waals surface area contributed by atoms with Crippen molar-refractivity contribution >= 4 is 16.8 Å². The molecule has 1 N–H and O–H groups in total. The maximum atomic E-state index is 13.0. The third-order valence-electron chi connectivity index (χ3n) is 4.31. The van der Waals surface area contributed by atoms with Crippen LogP contribution in [0.25, 0.3) is 0 Å². The topological polar surface area (TPSA) is 63.6 Å². The Morgan fingerprint density at radius 2 is 1.92 bits per heavy atom. The van der Waals surface area contributed by atoms with Crippen LogP contribution in [-0.4, -0.2) is 31.7 Å². The van der Waals surface area contributed by atoms with Gasteiger partial charge in [-0.15, -0.1) is 0 Å². The van der Waals surface area contributed by atoms with Crippen LogP contribution in [0.2, 0.25) is 0 Å². The minimum atomic E-state index is -1.34. The summed E-state index contributed by atoms with van der Waals surface area (Å²) in [6.45, 7) is 7.39. The highest BCUT2D eigenvalue weighted by molar-refractivity contribution is 7.85. The zero-order chi connectivity index (χ0) is 18.0. The Hall–Kier alpha value is -1.20. The van der Waals surface area contributed by atoms with Crippen LogP contribution in [0.3, 0.4) is 0 Å². The van der Waals surface area contributed by atoms with Crippen molar-refractivity contribution in [1.29, 1.82) is 0 Å². The lowest BCUT2D eigenvalue weighted by molar-refractivity contribution is -0.161. The van der Waals surface area contributed by atoms with Gasteiger partial charge in [0.25, 0.3) is 0 Å². The van der Waals surface area contributed by atoms with Crippen molar-refractivity contribution in [2.75, 3.05) is 0 Å². The van der Waals surface area contributed by atoms with Gasteiger partial charge in [-0.2, -0.15) is 0 Å². The lowest BCUT2D eigenvalue weighted by Crippen LogP contribution is -2.49. The minimum Gasteiger partial charge on any atom is -0.460 e. The Kier molecular flexibility index (Phi) is 5.87. The fourth-order valence-corrected chi connectivity index (χ4v) is 4.88. The normalized spacial score (nSPS) is 26.0. The van der Waals surface area contributed by atoms with E-state index in [-0.39, 0.29) is 6.42 Å². The zero-order valence-electron chi connectivity index (χ0n) is 15.0. The molecule has 0 radical (unpaired) electrons. The second-order valence-corrected chi connectivity index (χ2v) is 9.35. The Morgan fingerprint density at radius 1 is 1.29 bits per heavy atom. The molecule has 0 aromatic heterocycles. The highest BCUT2D eigenvalue weighted by Crippen LogP contribution is 2.37. The molecule has 24 heavy (non-hydrogen) atoms. The van der Waals surface area contributed by atoms with Crippen molar-refractivity contribution in [2.24, 2.45) is 0 Å². The van der Waals surface area contributed by atoms with E-state index < -0.39 is 33.2 Å². The lowest BCUT2D eigenvalue weighted by Gasteiger charge is -2.39. The van der Waals surface area contributed by atoms with Crippen LogP contribution in [-0.2, 0) is 20.3 Å². The van der Waals surface area contributed by atoms with Crippen molar-refractivity contribution in [3.63, 3.8) is 0 Å². The molecule has 0 unspecified atom stereocenters. The summed E-state index contributed by atoms with van der Waals surface area (Å²) in [5, 5.41) is 10.6. The van der Waals surface area contributed by atoms with Crippen molar-refractivity contribution in [1.82, 2.24) is 0 Å². The van der Waals surface area contributed by atoms with Crippen LogP contribution in [0.5, 0.6) is 0 Å². The summed E-state index contributed by atoms with van der Waals surface area (Å²) in [5.74, 6) is -0.433. The predicted molar refractivity (Wildman–Crippen MR) is 95.3 cm³/mol. The molecular weight excluding hydrogens is 324 g/mol. The van der Waals surface area contributed by atoms with Crippen LogP contribution in [0, 0.1) is 6.92 Å². The molecule has 0 aliphatic heterocycles. The molecule has 1 aromatic rings. The fraction of sp³-hybridized carbons (Fsp3) is 0.632. The molecule has 0 spiro atoms. The summed E-state index contributed by atoms with van der Waals surface area (Å²) in [5.41, 5.74) is -0.757. The average Bonchev–Trinajstić information content (AvgIpc) is 2.45. The highest BCUT2D eigenvalue weighted by atomic mass is 32.2. The summed E-state index contributed by atoms with van der Waals surface area (Å²) in [4.78, 5) is 12.9. The highest BCUT2D eigenvalue weighted by Gasteiger charge is 2.45. The first-order chi connectivity index (χ1) is 11.1. The number of benzene rings is 1. The summed E-state index contributed by atoms with van der Waals surface area (Å²) < 4.78 is 18.3. The number of carbonyl (C=O) groups is 1. The minimum absolute atomic E-state index is 0.105. The lowest BCUT2D eigenvalue weighted by atomic mass is 9.82. The molecule has 1 aliphatic carbocycles. The Bertz CT molecular complexity index is 603. The van der Waals surface area contributed by atoms with E-state index in [1.54, 1.807) is 20.8 Å². The number of aliphatic hydroxyl groups is 1. The van der Waals surface area contributed by atoms with Crippen LogP contribution in [0.4, 0.5) is 0 Å². The summed E-state index contributed by atoms with van der Waals surface area (Å²) in [6.07, 6.45) is 2.78. The van der Waals surface area contributed by atoms with E-state index in [2.05, 4.69) is 0 Å². The molecule has 5 heteroatoms. The third kappa shape index (κ3) is 4.90. The SMILES string of the molecule is Cc1ccc([S@](=O)[C@H]2CCCC[C@]2(O)CC(=O)OC(C)(C)C)cc1. The number of hydrogen-bond acceptors (Lipinski definition) is 4. The van der Waals surface area contributed by atoms with Gasteiger partial charge in [-0.3, -0.25) is 9.00 Å².